The highest BCUT2D eigenvalue weighted by Crippen LogP contribution is 2.41. The highest BCUT2D eigenvalue weighted by atomic mass is 35.5. The van der Waals surface area contributed by atoms with Crippen molar-refractivity contribution in [2.45, 2.75) is 31.9 Å². The number of likely N-dealkylation sites (tertiary alicyclic amines) is 1. The fraction of sp³-hybridized carbons (Fsp3) is 0.400. The zero-order chi connectivity index (χ0) is 24.3. The predicted molar refractivity (Wildman–Crippen MR) is 147 cm³/mol. The van der Waals surface area contributed by atoms with Gasteiger partial charge in [0.05, 0.1) is 18.9 Å². The van der Waals surface area contributed by atoms with Crippen LogP contribution in [0.5, 0.6) is 5.75 Å². The van der Waals surface area contributed by atoms with Crippen LogP contribution in [-0.2, 0) is 17.8 Å². The van der Waals surface area contributed by atoms with Crippen molar-refractivity contribution >= 4 is 28.7 Å². The number of ether oxygens (including phenoxy) is 2. The van der Waals surface area contributed by atoms with E-state index in [1.807, 2.05) is 12.1 Å². The number of rotatable bonds is 6. The number of hydrogen-bond acceptors (Lipinski definition) is 5. The molecule has 3 aromatic rings. The average molecular weight is 504 g/mol. The summed E-state index contributed by atoms with van der Waals surface area (Å²) in [7, 11) is 0. The quantitative estimate of drug-likeness (QED) is 0.416. The molecule has 0 bridgehead atoms. The summed E-state index contributed by atoms with van der Waals surface area (Å²) in [6, 6.07) is 24.2. The van der Waals surface area contributed by atoms with Crippen molar-refractivity contribution in [2.24, 2.45) is 0 Å². The normalized spacial score (nSPS) is 20.0. The summed E-state index contributed by atoms with van der Waals surface area (Å²) in [6.07, 6.45) is 3.53. The Balaban J connectivity index is 1.16. The Morgan fingerprint density at radius 1 is 0.889 bits per heavy atom. The second-order valence-electron chi connectivity index (χ2n) is 9.99. The smallest absolute Gasteiger partial charge is 0.143 e. The van der Waals surface area contributed by atoms with Crippen molar-refractivity contribution in [3.8, 4) is 5.75 Å². The molecule has 0 aliphatic carbocycles. The maximum Gasteiger partial charge on any atom is 0.143 e. The summed E-state index contributed by atoms with van der Waals surface area (Å²) < 4.78 is 11.7. The van der Waals surface area contributed by atoms with E-state index in [1.54, 1.807) is 0 Å². The Hall–Kier alpha value is -2.73. The average Bonchev–Trinajstić information content (AvgIpc) is 3.31. The minimum atomic E-state index is 0.496. The number of halogens is 1. The molecule has 5 nitrogen and oxygen atoms in total. The molecule has 3 heterocycles. The predicted octanol–water partition coefficient (Wildman–Crippen LogP) is 5.91. The van der Waals surface area contributed by atoms with Gasteiger partial charge < -0.3 is 19.3 Å². The van der Waals surface area contributed by atoms with Crippen molar-refractivity contribution in [1.29, 1.82) is 0 Å². The molecule has 0 aromatic heterocycles. The van der Waals surface area contributed by atoms with Gasteiger partial charge in [-0.2, -0.15) is 0 Å². The third kappa shape index (κ3) is 5.06. The molecule has 2 saturated heterocycles. The van der Waals surface area contributed by atoms with Gasteiger partial charge in [-0.25, -0.2) is 0 Å². The van der Waals surface area contributed by atoms with Gasteiger partial charge in [0.2, 0.25) is 0 Å². The number of nitrogens with zero attached hydrogens (tertiary/aromatic N) is 3. The first kappa shape index (κ1) is 23.7. The number of anilines is 3. The zero-order valence-electron chi connectivity index (χ0n) is 20.7. The lowest BCUT2D eigenvalue weighted by molar-refractivity contribution is 0.122. The third-order valence-electron chi connectivity index (χ3n) is 7.77. The van der Waals surface area contributed by atoms with Crippen LogP contribution in [-0.4, -0.2) is 56.9 Å². The summed E-state index contributed by atoms with van der Waals surface area (Å²) in [5.41, 5.74) is 6.19. The molecule has 0 spiro atoms. The molecule has 3 aliphatic rings. The summed E-state index contributed by atoms with van der Waals surface area (Å²) in [6.45, 7) is 7.34. The molecule has 0 radical (unpaired) electrons. The molecule has 3 aliphatic heterocycles. The number of para-hydroxylation sites is 2. The molecule has 6 heteroatoms. The maximum absolute atomic E-state index is 6.46. The van der Waals surface area contributed by atoms with Crippen molar-refractivity contribution in [3.63, 3.8) is 0 Å². The van der Waals surface area contributed by atoms with E-state index in [9.17, 15) is 0 Å². The lowest BCUT2D eigenvalue weighted by Crippen LogP contribution is -2.39. The van der Waals surface area contributed by atoms with Crippen molar-refractivity contribution in [2.75, 3.05) is 55.7 Å². The minimum Gasteiger partial charge on any atom is -0.487 e. The Labute approximate surface area is 219 Å². The van der Waals surface area contributed by atoms with E-state index in [0.29, 0.717) is 12.6 Å². The summed E-state index contributed by atoms with van der Waals surface area (Å²) in [5.74, 6) is 0.940. The van der Waals surface area contributed by atoms with Crippen LogP contribution < -0.4 is 14.5 Å². The maximum atomic E-state index is 6.46. The lowest BCUT2D eigenvalue weighted by atomic mass is 10.1. The van der Waals surface area contributed by atoms with Crippen LogP contribution >= 0.6 is 11.6 Å². The largest absolute Gasteiger partial charge is 0.487 e. The second kappa shape index (κ2) is 10.7. The second-order valence-corrected chi connectivity index (χ2v) is 10.4. The molecule has 0 unspecified atom stereocenters. The molecule has 3 aromatic carbocycles. The number of morpholine rings is 1. The molecule has 0 saturated carbocycles. The van der Waals surface area contributed by atoms with E-state index in [1.165, 1.54) is 29.7 Å². The first-order valence-electron chi connectivity index (χ1n) is 13.2. The summed E-state index contributed by atoms with van der Waals surface area (Å²) in [4.78, 5) is 7.52. The first-order valence-corrected chi connectivity index (χ1v) is 13.6. The zero-order valence-corrected chi connectivity index (χ0v) is 21.5. The van der Waals surface area contributed by atoms with Crippen LogP contribution in [0.3, 0.4) is 0 Å². The van der Waals surface area contributed by atoms with E-state index in [2.05, 4.69) is 69.3 Å². The van der Waals surface area contributed by atoms with Gasteiger partial charge in [0, 0.05) is 54.2 Å². The Morgan fingerprint density at radius 2 is 1.72 bits per heavy atom. The van der Waals surface area contributed by atoms with Gasteiger partial charge in [-0.1, -0.05) is 41.9 Å². The van der Waals surface area contributed by atoms with Gasteiger partial charge >= 0.3 is 0 Å². The van der Waals surface area contributed by atoms with Crippen molar-refractivity contribution < 1.29 is 9.47 Å². The Bertz CT molecular complexity index is 1180. The van der Waals surface area contributed by atoms with Crippen LogP contribution in [0.1, 0.15) is 24.0 Å². The van der Waals surface area contributed by atoms with Gasteiger partial charge in [0.1, 0.15) is 12.4 Å². The van der Waals surface area contributed by atoms with Gasteiger partial charge in [-0.05, 0) is 67.8 Å². The van der Waals surface area contributed by atoms with Gasteiger partial charge in [-0.3, -0.25) is 4.90 Å². The number of benzene rings is 3. The summed E-state index contributed by atoms with van der Waals surface area (Å²) >= 11 is 6.46. The molecule has 2 fully saturated rings. The fourth-order valence-corrected chi connectivity index (χ4v) is 5.94. The van der Waals surface area contributed by atoms with E-state index in [-0.39, 0.29) is 0 Å². The molecule has 6 rings (SSSR count). The minimum absolute atomic E-state index is 0.496. The Morgan fingerprint density at radius 3 is 2.58 bits per heavy atom. The van der Waals surface area contributed by atoms with Gasteiger partial charge in [-0.15, -0.1) is 0 Å². The SMILES string of the molecule is Clc1ccc2c(c1)N(C[C@H]1CCCN1CCc1ccc(N3CCOCC3)cc1)c1ccccc1OC2. The van der Waals surface area contributed by atoms with E-state index >= 15 is 0 Å². The van der Waals surface area contributed by atoms with E-state index in [4.69, 9.17) is 21.1 Å². The summed E-state index contributed by atoms with van der Waals surface area (Å²) in [5, 5.41) is 0.766. The monoisotopic (exact) mass is 503 g/mol. The molecule has 188 valence electrons. The van der Waals surface area contributed by atoms with Crippen LogP contribution in [0.2, 0.25) is 5.02 Å². The fourth-order valence-electron chi connectivity index (χ4n) is 5.77. The third-order valence-corrected chi connectivity index (χ3v) is 8.01. The molecular weight excluding hydrogens is 470 g/mol. The number of fused-ring (bicyclic) bond motifs is 2. The van der Waals surface area contributed by atoms with Gasteiger partial charge in [0.25, 0.3) is 0 Å². The lowest BCUT2D eigenvalue weighted by Gasteiger charge is -2.33. The standard InChI is InChI=1S/C30H34ClN3O2/c31-25-10-9-24-22-36-30-6-2-1-5-28(30)34(29(24)20-25)21-27-4-3-14-32(27)15-13-23-7-11-26(12-8-23)33-16-18-35-19-17-33/h1-2,5-12,20,27H,3-4,13-19,21-22H2/t27-/m1/s1. The molecular formula is C30H34ClN3O2. The van der Waals surface area contributed by atoms with E-state index in [0.717, 1.165) is 74.5 Å². The highest BCUT2D eigenvalue weighted by Gasteiger charge is 2.30. The van der Waals surface area contributed by atoms with Crippen LogP contribution in [0.25, 0.3) is 0 Å². The molecule has 0 N–H and O–H groups in total. The van der Waals surface area contributed by atoms with Crippen LogP contribution in [0.4, 0.5) is 17.1 Å². The van der Waals surface area contributed by atoms with Crippen LogP contribution in [0.15, 0.2) is 66.7 Å². The first-order chi connectivity index (χ1) is 17.7. The molecule has 0 amide bonds. The van der Waals surface area contributed by atoms with Gasteiger partial charge in [0.15, 0.2) is 0 Å². The van der Waals surface area contributed by atoms with Crippen LogP contribution in [0, 0.1) is 0 Å². The Kier molecular flexibility index (Phi) is 7.04. The van der Waals surface area contributed by atoms with E-state index < -0.39 is 0 Å². The molecule has 1 atom stereocenters. The topological polar surface area (TPSA) is 28.2 Å². The molecule has 36 heavy (non-hydrogen) atoms. The van der Waals surface area contributed by atoms with Crippen molar-refractivity contribution in [3.05, 3.63) is 82.9 Å². The van der Waals surface area contributed by atoms with Crippen molar-refractivity contribution in [1.82, 2.24) is 4.90 Å². The number of hydrogen-bond donors (Lipinski definition) is 0. The highest BCUT2D eigenvalue weighted by molar-refractivity contribution is 6.30.